The summed E-state index contributed by atoms with van der Waals surface area (Å²) in [5, 5.41) is 7.29. The van der Waals surface area contributed by atoms with Crippen molar-refractivity contribution in [2.75, 3.05) is 20.8 Å². The van der Waals surface area contributed by atoms with Crippen LogP contribution in [0.2, 0.25) is 0 Å². The molecule has 1 aromatic rings. The van der Waals surface area contributed by atoms with Crippen LogP contribution in [0.25, 0.3) is 0 Å². The lowest BCUT2D eigenvalue weighted by molar-refractivity contribution is 0.354. The molecule has 1 fully saturated rings. The summed E-state index contributed by atoms with van der Waals surface area (Å²) < 4.78 is 10.6. The summed E-state index contributed by atoms with van der Waals surface area (Å²) in [5.74, 6) is 1.57. The van der Waals surface area contributed by atoms with Crippen LogP contribution in [-0.2, 0) is 6.54 Å². The van der Waals surface area contributed by atoms with E-state index in [4.69, 9.17) is 9.47 Å². The van der Waals surface area contributed by atoms with Gasteiger partial charge in [-0.3, -0.25) is 0 Å². The van der Waals surface area contributed by atoms with Crippen molar-refractivity contribution in [1.29, 1.82) is 0 Å². The van der Waals surface area contributed by atoms with E-state index in [1.165, 1.54) is 44.2 Å². The Morgan fingerprint density at radius 1 is 1.18 bits per heavy atom. The molecule has 0 saturated carbocycles. The van der Waals surface area contributed by atoms with Crippen molar-refractivity contribution >= 4 is 0 Å². The molecule has 124 valence electrons. The van der Waals surface area contributed by atoms with Crippen LogP contribution in [0.1, 0.15) is 44.6 Å². The maximum atomic E-state index is 5.36. The summed E-state index contributed by atoms with van der Waals surface area (Å²) in [7, 11) is 3.34. The topological polar surface area (TPSA) is 42.5 Å². The molecular weight excluding hydrogens is 276 g/mol. The first-order valence-electron chi connectivity index (χ1n) is 8.40. The van der Waals surface area contributed by atoms with Crippen LogP contribution in [0.5, 0.6) is 11.5 Å². The van der Waals surface area contributed by atoms with Gasteiger partial charge in [-0.05, 0) is 50.4 Å². The first-order chi connectivity index (χ1) is 10.7. The predicted molar refractivity (Wildman–Crippen MR) is 90.7 cm³/mol. The number of benzene rings is 1. The van der Waals surface area contributed by atoms with Gasteiger partial charge in [-0.15, -0.1) is 0 Å². The van der Waals surface area contributed by atoms with Crippen LogP contribution in [-0.4, -0.2) is 32.8 Å². The van der Waals surface area contributed by atoms with Crippen molar-refractivity contribution in [3.63, 3.8) is 0 Å². The zero-order chi connectivity index (χ0) is 15.8. The van der Waals surface area contributed by atoms with Gasteiger partial charge in [0, 0.05) is 18.6 Å². The van der Waals surface area contributed by atoms with Crippen LogP contribution < -0.4 is 20.1 Å². The quantitative estimate of drug-likeness (QED) is 0.812. The lowest BCUT2D eigenvalue weighted by Gasteiger charge is -2.21. The van der Waals surface area contributed by atoms with Crippen molar-refractivity contribution in [3.8, 4) is 11.5 Å². The molecule has 2 unspecified atom stereocenters. The van der Waals surface area contributed by atoms with Gasteiger partial charge in [0.15, 0.2) is 11.5 Å². The minimum Gasteiger partial charge on any atom is -0.493 e. The first-order valence-corrected chi connectivity index (χ1v) is 8.40. The average molecular weight is 306 g/mol. The third-order valence-corrected chi connectivity index (χ3v) is 4.40. The molecule has 1 saturated heterocycles. The SMILES string of the molecule is COc1ccc(CNC(C)CC2CCCCCN2)cc1OC. The highest BCUT2D eigenvalue weighted by Gasteiger charge is 2.14. The largest absolute Gasteiger partial charge is 0.493 e. The zero-order valence-electron chi connectivity index (χ0n) is 14.2. The smallest absolute Gasteiger partial charge is 0.161 e. The van der Waals surface area contributed by atoms with E-state index >= 15 is 0 Å². The lowest BCUT2D eigenvalue weighted by Crippen LogP contribution is -2.36. The fourth-order valence-electron chi connectivity index (χ4n) is 3.09. The van der Waals surface area contributed by atoms with E-state index in [1.54, 1.807) is 14.2 Å². The second kappa shape index (κ2) is 9.01. The van der Waals surface area contributed by atoms with Gasteiger partial charge in [0.1, 0.15) is 0 Å². The first kappa shape index (κ1) is 17.1. The molecule has 1 aromatic carbocycles. The summed E-state index contributed by atoms with van der Waals surface area (Å²) in [6, 6.07) is 7.26. The number of nitrogens with one attached hydrogen (secondary N) is 2. The molecule has 22 heavy (non-hydrogen) atoms. The van der Waals surface area contributed by atoms with Gasteiger partial charge in [-0.2, -0.15) is 0 Å². The summed E-state index contributed by atoms with van der Waals surface area (Å²) in [5.41, 5.74) is 1.22. The molecule has 2 rings (SSSR count). The maximum Gasteiger partial charge on any atom is 0.161 e. The van der Waals surface area contributed by atoms with Crippen LogP contribution in [0.3, 0.4) is 0 Å². The second-order valence-electron chi connectivity index (χ2n) is 6.21. The van der Waals surface area contributed by atoms with E-state index in [2.05, 4.69) is 23.6 Å². The molecule has 0 amide bonds. The van der Waals surface area contributed by atoms with Gasteiger partial charge in [-0.1, -0.05) is 18.9 Å². The Morgan fingerprint density at radius 3 is 2.77 bits per heavy atom. The van der Waals surface area contributed by atoms with Crippen LogP contribution in [0, 0.1) is 0 Å². The maximum absolute atomic E-state index is 5.36. The Bertz CT molecular complexity index is 443. The Hall–Kier alpha value is -1.26. The molecule has 0 aromatic heterocycles. The highest BCUT2D eigenvalue weighted by molar-refractivity contribution is 5.42. The molecule has 0 spiro atoms. The van der Waals surface area contributed by atoms with Gasteiger partial charge in [0.05, 0.1) is 14.2 Å². The van der Waals surface area contributed by atoms with E-state index < -0.39 is 0 Å². The Balaban J connectivity index is 1.81. The van der Waals surface area contributed by atoms with Gasteiger partial charge in [0.25, 0.3) is 0 Å². The third kappa shape index (κ3) is 5.18. The molecule has 4 nitrogen and oxygen atoms in total. The zero-order valence-corrected chi connectivity index (χ0v) is 14.2. The van der Waals surface area contributed by atoms with E-state index in [-0.39, 0.29) is 0 Å². The number of hydrogen-bond donors (Lipinski definition) is 2. The lowest BCUT2D eigenvalue weighted by atomic mass is 10.0. The Labute approximate surface area is 134 Å². The molecule has 0 radical (unpaired) electrons. The molecule has 1 heterocycles. The highest BCUT2D eigenvalue weighted by Crippen LogP contribution is 2.27. The Morgan fingerprint density at radius 2 is 2.00 bits per heavy atom. The molecule has 2 N–H and O–H groups in total. The van der Waals surface area contributed by atoms with Gasteiger partial charge in [0.2, 0.25) is 0 Å². The standard InChI is InChI=1S/C18H30N2O2/c1-14(11-16-7-5-4-6-10-19-16)20-13-15-8-9-17(21-2)18(12-15)22-3/h8-9,12,14,16,19-20H,4-7,10-11,13H2,1-3H3. The summed E-state index contributed by atoms with van der Waals surface area (Å²) in [6.45, 7) is 4.30. The highest BCUT2D eigenvalue weighted by atomic mass is 16.5. The minimum atomic E-state index is 0.503. The van der Waals surface area contributed by atoms with Crippen molar-refractivity contribution in [1.82, 2.24) is 10.6 Å². The van der Waals surface area contributed by atoms with Gasteiger partial charge in [-0.25, -0.2) is 0 Å². The summed E-state index contributed by atoms with van der Waals surface area (Å²) in [6.07, 6.45) is 6.55. The fourth-order valence-corrected chi connectivity index (χ4v) is 3.09. The van der Waals surface area contributed by atoms with Crippen molar-refractivity contribution in [3.05, 3.63) is 23.8 Å². The van der Waals surface area contributed by atoms with Crippen molar-refractivity contribution in [2.24, 2.45) is 0 Å². The predicted octanol–water partition coefficient (Wildman–Crippen LogP) is 3.10. The Kier molecular flexibility index (Phi) is 7.00. The average Bonchev–Trinajstić information content (AvgIpc) is 2.81. The van der Waals surface area contributed by atoms with E-state index in [0.717, 1.165) is 18.0 Å². The molecule has 2 atom stereocenters. The van der Waals surface area contributed by atoms with E-state index in [0.29, 0.717) is 12.1 Å². The fraction of sp³-hybridized carbons (Fsp3) is 0.667. The van der Waals surface area contributed by atoms with Gasteiger partial charge < -0.3 is 20.1 Å². The summed E-state index contributed by atoms with van der Waals surface area (Å²) in [4.78, 5) is 0. The summed E-state index contributed by atoms with van der Waals surface area (Å²) >= 11 is 0. The number of hydrogen-bond acceptors (Lipinski definition) is 4. The van der Waals surface area contributed by atoms with E-state index in [9.17, 15) is 0 Å². The van der Waals surface area contributed by atoms with E-state index in [1.807, 2.05) is 12.1 Å². The minimum absolute atomic E-state index is 0.503. The monoisotopic (exact) mass is 306 g/mol. The molecule has 1 aliphatic heterocycles. The molecule has 1 aliphatic rings. The molecular formula is C18H30N2O2. The number of methoxy groups -OCH3 is 2. The van der Waals surface area contributed by atoms with Crippen LogP contribution in [0.4, 0.5) is 0 Å². The number of ether oxygens (including phenoxy) is 2. The van der Waals surface area contributed by atoms with Crippen molar-refractivity contribution < 1.29 is 9.47 Å². The van der Waals surface area contributed by atoms with Crippen molar-refractivity contribution in [2.45, 2.75) is 57.7 Å². The normalized spacial score (nSPS) is 20.2. The third-order valence-electron chi connectivity index (χ3n) is 4.40. The van der Waals surface area contributed by atoms with Gasteiger partial charge >= 0.3 is 0 Å². The molecule has 0 bridgehead atoms. The molecule has 0 aliphatic carbocycles. The second-order valence-corrected chi connectivity index (χ2v) is 6.21. The number of rotatable bonds is 7. The molecule has 4 heteroatoms. The van der Waals surface area contributed by atoms with Crippen LogP contribution in [0.15, 0.2) is 18.2 Å². The van der Waals surface area contributed by atoms with Crippen LogP contribution >= 0.6 is 0 Å².